The van der Waals surface area contributed by atoms with Gasteiger partial charge in [-0.1, -0.05) is 0 Å². The zero-order valence-electron chi connectivity index (χ0n) is 3.68. The number of halogens is 1. The summed E-state index contributed by atoms with van der Waals surface area (Å²) in [4.78, 5) is 3.35. The predicted molar refractivity (Wildman–Crippen MR) is 24.6 cm³/mol. The summed E-state index contributed by atoms with van der Waals surface area (Å²) in [7, 11) is 0. The van der Waals surface area contributed by atoms with Crippen molar-refractivity contribution in [3.63, 3.8) is 0 Å². The molecule has 0 spiro atoms. The highest BCUT2D eigenvalue weighted by molar-refractivity contribution is 7.05. The van der Waals surface area contributed by atoms with E-state index >= 15 is 0 Å². The fourth-order valence-corrected chi connectivity index (χ4v) is 0.639. The number of aryl methyl sites for hydroxylation is 1. The predicted octanol–water partition coefficient (Wildman–Crippen LogP) is 0.986. The Morgan fingerprint density at radius 3 is 2.57 bits per heavy atom. The molecule has 0 atom stereocenters. The molecule has 0 fully saturated rings. The maximum atomic E-state index is 11.7. The van der Waals surface area contributed by atoms with Gasteiger partial charge in [0.2, 0.25) is 0 Å². The molecule has 0 aliphatic heterocycles. The first-order chi connectivity index (χ1) is 3.29. The fourth-order valence-electron chi connectivity index (χ4n) is 0.274. The normalized spacial score (nSPS) is 9.43. The minimum atomic E-state index is -0.623. The molecule has 0 N–H and O–H groups in total. The van der Waals surface area contributed by atoms with Crippen LogP contribution in [0.2, 0.25) is 0 Å². The van der Waals surface area contributed by atoms with Crippen LogP contribution in [-0.2, 0) is 0 Å². The van der Waals surface area contributed by atoms with Crippen LogP contribution in [0.15, 0.2) is 0 Å². The summed E-state index contributed by atoms with van der Waals surface area (Å²) in [5.41, 5.74) is 0. The van der Waals surface area contributed by atoms with E-state index in [-0.39, 0.29) is 0 Å². The summed E-state index contributed by atoms with van der Waals surface area (Å²) < 4.78 is 15.0. The highest BCUT2D eigenvalue weighted by Crippen LogP contribution is 1.98. The smallest absolute Gasteiger partial charge is 0.194 e. The molecular weight excluding hydrogens is 115 g/mol. The first-order valence-corrected chi connectivity index (χ1v) is 2.52. The van der Waals surface area contributed by atoms with Gasteiger partial charge in [0.05, 0.1) is 0 Å². The Hall–Kier alpha value is -0.510. The summed E-state index contributed by atoms with van der Waals surface area (Å²) in [6.45, 7) is 1.71. The summed E-state index contributed by atoms with van der Waals surface area (Å²) in [5.74, 6) is 0. The minimum Gasteiger partial charge on any atom is -0.194 e. The standard InChI is InChI=1S/C3H3FN2S/c1-2-5-3(4)6-7-2/h1H3. The lowest BCUT2D eigenvalue weighted by Crippen LogP contribution is -1.71. The Morgan fingerprint density at radius 1 is 1.71 bits per heavy atom. The molecular formula is C3H3FN2S. The first kappa shape index (κ1) is 4.64. The second kappa shape index (κ2) is 1.54. The zero-order chi connectivity index (χ0) is 5.28. The molecule has 1 rings (SSSR count). The van der Waals surface area contributed by atoms with Crippen molar-refractivity contribution in [3.8, 4) is 0 Å². The van der Waals surface area contributed by atoms with Crippen molar-refractivity contribution in [2.24, 2.45) is 0 Å². The topological polar surface area (TPSA) is 25.8 Å². The van der Waals surface area contributed by atoms with E-state index in [1.807, 2.05) is 0 Å². The van der Waals surface area contributed by atoms with Gasteiger partial charge in [-0.25, -0.2) is 0 Å². The van der Waals surface area contributed by atoms with E-state index in [4.69, 9.17) is 0 Å². The van der Waals surface area contributed by atoms with Gasteiger partial charge in [0, 0.05) is 0 Å². The highest BCUT2D eigenvalue weighted by Gasteiger charge is 1.92. The van der Waals surface area contributed by atoms with Crippen molar-refractivity contribution >= 4 is 11.5 Å². The van der Waals surface area contributed by atoms with Gasteiger partial charge < -0.3 is 0 Å². The van der Waals surface area contributed by atoms with Crippen LogP contribution >= 0.6 is 11.5 Å². The van der Waals surface area contributed by atoms with Crippen LogP contribution in [-0.4, -0.2) is 9.36 Å². The SMILES string of the molecule is Cc1nc(F)ns1. The van der Waals surface area contributed by atoms with Crippen molar-refractivity contribution < 1.29 is 4.39 Å². The molecule has 0 amide bonds. The first-order valence-electron chi connectivity index (χ1n) is 1.75. The van der Waals surface area contributed by atoms with Crippen molar-refractivity contribution in [2.75, 3.05) is 0 Å². The van der Waals surface area contributed by atoms with Crippen LogP contribution in [0.5, 0.6) is 0 Å². The summed E-state index contributed by atoms with van der Waals surface area (Å²) >= 11 is 1.07. The number of hydrogen-bond acceptors (Lipinski definition) is 3. The zero-order valence-corrected chi connectivity index (χ0v) is 4.50. The van der Waals surface area contributed by atoms with E-state index < -0.39 is 6.08 Å². The van der Waals surface area contributed by atoms with Crippen LogP contribution < -0.4 is 0 Å². The number of rotatable bonds is 0. The van der Waals surface area contributed by atoms with Gasteiger partial charge in [-0.05, 0) is 18.5 Å². The Balaban J connectivity index is 3.04. The number of hydrogen-bond donors (Lipinski definition) is 0. The average Bonchev–Trinajstić information content (AvgIpc) is 1.87. The van der Waals surface area contributed by atoms with Gasteiger partial charge in [0.25, 0.3) is 0 Å². The molecule has 4 heteroatoms. The summed E-state index contributed by atoms with van der Waals surface area (Å²) in [6.07, 6.45) is -0.623. The van der Waals surface area contributed by atoms with E-state index in [2.05, 4.69) is 9.36 Å². The van der Waals surface area contributed by atoms with Gasteiger partial charge in [-0.2, -0.15) is 9.37 Å². The molecule has 0 aliphatic carbocycles. The maximum Gasteiger partial charge on any atom is 0.320 e. The Labute approximate surface area is 44.2 Å². The second-order valence-electron chi connectivity index (χ2n) is 1.08. The molecule has 0 aromatic carbocycles. The monoisotopic (exact) mass is 118 g/mol. The lowest BCUT2D eigenvalue weighted by Gasteiger charge is -1.64. The molecule has 1 aromatic heterocycles. The molecule has 1 heterocycles. The fraction of sp³-hybridized carbons (Fsp3) is 0.333. The molecule has 0 radical (unpaired) electrons. The number of nitrogens with zero attached hydrogens (tertiary/aromatic N) is 2. The molecule has 0 aliphatic rings. The van der Waals surface area contributed by atoms with Gasteiger partial charge >= 0.3 is 6.08 Å². The third kappa shape index (κ3) is 0.928. The van der Waals surface area contributed by atoms with Crippen LogP contribution in [0.4, 0.5) is 4.39 Å². The van der Waals surface area contributed by atoms with Gasteiger partial charge in [0.1, 0.15) is 5.01 Å². The molecule has 38 valence electrons. The Bertz CT molecular complexity index is 145. The lowest BCUT2D eigenvalue weighted by molar-refractivity contribution is 0.554. The van der Waals surface area contributed by atoms with Crippen LogP contribution in [0.1, 0.15) is 5.01 Å². The highest BCUT2D eigenvalue weighted by atomic mass is 32.1. The molecule has 1 aromatic rings. The van der Waals surface area contributed by atoms with E-state index in [1.165, 1.54) is 0 Å². The van der Waals surface area contributed by atoms with E-state index in [9.17, 15) is 4.39 Å². The molecule has 0 bridgehead atoms. The quantitative estimate of drug-likeness (QED) is 0.507. The van der Waals surface area contributed by atoms with E-state index in [0.29, 0.717) is 5.01 Å². The van der Waals surface area contributed by atoms with Crippen LogP contribution in [0.3, 0.4) is 0 Å². The lowest BCUT2D eigenvalue weighted by atomic mass is 10.8. The molecule has 2 nitrogen and oxygen atoms in total. The minimum absolute atomic E-state index is 0.623. The van der Waals surface area contributed by atoms with Crippen molar-refractivity contribution in [1.29, 1.82) is 0 Å². The molecule has 0 unspecified atom stereocenters. The third-order valence-corrected chi connectivity index (χ3v) is 1.10. The van der Waals surface area contributed by atoms with E-state index in [1.54, 1.807) is 6.92 Å². The Kier molecular flexibility index (Phi) is 1.02. The third-order valence-electron chi connectivity index (χ3n) is 0.503. The summed E-state index contributed by atoms with van der Waals surface area (Å²) in [6, 6.07) is 0. The van der Waals surface area contributed by atoms with Crippen LogP contribution in [0.25, 0.3) is 0 Å². The molecule has 0 saturated carbocycles. The van der Waals surface area contributed by atoms with Gasteiger partial charge in [-0.3, -0.25) is 0 Å². The van der Waals surface area contributed by atoms with Crippen LogP contribution in [0, 0.1) is 13.0 Å². The van der Waals surface area contributed by atoms with E-state index in [0.717, 1.165) is 11.5 Å². The largest absolute Gasteiger partial charge is 0.320 e. The average molecular weight is 118 g/mol. The Morgan fingerprint density at radius 2 is 2.43 bits per heavy atom. The molecule has 7 heavy (non-hydrogen) atoms. The maximum absolute atomic E-state index is 11.7. The number of aromatic nitrogens is 2. The molecule has 0 saturated heterocycles. The van der Waals surface area contributed by atoms with Crippen molar-refractivity contribution in [3.05, 3.63) is 11.1 Å². The van der Waals surface area contributed by atoms with Gasteiger partial charge in [0.15, 0.2) is 0 Å². The van der Waals surface area contributed by atoms with Crippen molar-refractivity contribution in [2.45, 2.75) is 6.92 Å². The summed E-state index contributed by atoms with van der Waals surface area (Å²) in [5, 5.41) is 0.664. The van der Waals surface area contributed by atoms with Crippen molar-refractivity contribution in [1.82, 2.24) is 9.36 Å². The van der Waals surface area contributed by atoms with Gasteiger partial charge in [-0.15, -0.1) is 4.37 Å². The second-order valence-corrected chi connectivity index (χ2v) is 2.04.